The molecule has 109 heavy (non-hydrogen) atoms. The Bertz CT molecular complexity index is 2250. The molecule has 0 bridgehead atoms. The first-order valence-corrected chi connectivity index (χ1v) is 44.2. The number of unbranched alkanes of at least 4 members (excludes halogenated alkanes) is 49. The zero-order valence-corrected chi connectivity index (χ0v) is 68.2. The fraction of sp³-hybridized carbons (Fsp3) is 0.919. The first-order valence-electron chi connectivity index (χ1n) is 44.2. The molecule has 0 saturated carbocycles. The van der Waals surface area contributed by atoms with E-state index in [0.29, 0.717) is 12.8 Å². The van der Waals surface area contributed by atoms with Gasteiger partial charge in [-0.25, -0.2) is 4.79 Å². The van der Waals surface area contributed by atoms with Crippen molar-refractivity contribution in [2.45, 2.75) is 477 Å². The maximum absolute atomic E-state index is 13.6. The number of hydrogen-bond acceptors (Lipinski definition) is 20. The number of aliphatic hydroxyl groups is 11. The van der Waals surface area contributed by atoms with Crippen molar-refractivity contribution in [2.24, 2.45) is 0 Å². The molecular formula is C86H160N2O21. The molecule has 3 aliphatic rings. The number of amides is 2. The zero-order chi connectivity index (χ0) is 79.5. The highest BCUT2D eigenvalue weighted by Gasteiger charge is 2.60. The van der Waals surface area contributed by atoms with E-state index in [4.69, 9.17) is 28.4 Å². The van der Waals surface area contributed by atoms with Gasteiger partial charge >= 0.3 is 5.97 Å². The van der Waals surface area contributed by atoms with Crippen LogP contribution in [0.3, 0.4) is 0 Å². The molecular weight excluding hydrogens is 1400 g/mol. The van der Waals surface area contributed by atoms with Gasteiger partial charge in [-0.05, 0) is 44.9 Å². The van der Waals surface area contributed by atoms with Gasteiger partial charge in [0.2, 0.25) is 11.8 Å². The predicted molar refractivity (Wildman–Crippen MR) is 426 cm³/mol. The Labute approximate surface area is 657 Å². The average molecular weight is 1560 g/mol. The van der Waals surface area contributed by atoms with Gasteiger partial charge in [0, 0.05) is 19.8 Å². The predicted octanol–water partition coefficient (Wildman–Crippen LogP) is 13.5. The minimum atomic E-state index is -3.08. The van der Waals surface area contributed by atoms with Gasteiger partial charge in [-0.2, -0.15) is 0 Å². The summed E-state index contributed by atoms with van der Waals surface area (Å²) < 4.78 is 35.0. The Balaban J connectivity index is 1.44. The number of hydrogen-bond donors (Lipinski definition) is 14. The largest absolute Gasteiger partial charge is 0.477 e. The van der Waals surface area contributed by atoms with E-state index in [1.165, 1.54) is 276 Å². The normalized spacial score (nSPS) is 25.8. The number of carbonyl (C=O) groups is 3. The number of carboxylic acid groups (broad SMARTS) is 1. The lowest BCUT2D eigenvalue weighted by atomic mass is 9.88. The van der Waals surface area contributed by atoms with Gasteiger partial charge in [-0.1, -0.05) is 327 Å². The number of aliphatic hydroxyl groups excluding tert-OH is 11. The average Bonchev–Trinajstić information content (AvgIpc) is 0.751. The van der Waals surface area contributed by atoms with Crippen LogP contribution < -0.4 is 10.6 Å². The van der Waals surface area contributed by atoms with E-state index in [0.717, 1.165) is 51.9 Å². The van der Waals surface area contributed by atoms with Crippen molar-refractivity contribution >= 4 is 17.8 Å². The van der Waals surface area contributed by atoms with Gasteiger partial charge < -0.3 is 100 Å². The van der Waals surface area contributed by atoms with E-state index < -0.39 is 155 Å². The molecule has 3 aliphatic heterocycles. The molecule has 3 heterocycles. The molecule has 3 rings (SSSR count). The maximum atomic E-state index is 13.6. The van der Waals surface area contributed by atoms with Crippen LogP contribution in [0.25, 0.3) is 0 Å². The third-order valence-electron chi connectivity index (χ3n) is 22.4. The molecule has 2 amide bonds. The minimum absolute atomic E-state index is 0.204. The number of nitrogens with one attached hydrogen (secondary N) is 2. The summed E-state index contributed by atoms with van der Waals surface area (Å²) in [6.07, 6.45) is 45.2. The quantitative estimate of drug-likeness (QED) is 0.0199. The number of aliphatic carboxylic acids is 1. The summed E-state index contributed by atoms with van der Waals surface area (Å²) in [7, 11) is 0. The second-order valence-corrected chi connectivity index (χ2v) is 32.1. The van der Waals surface area contributed by atoms with E-state index in [2.05, 4.69) is 36.6 Å². The first-order chi connectivity index (χ1) is 52.9. The minimum Gasteiger partial charge on any atom is -0.477 e. The zero-order valence-electron chi connectivity index (χ0n) is 68.2. The van der Waals surface area contributed by atoms with Crippen LogP contribution in [0.2, 0.25) is 0 Å². The molecule has 23 heteroatoms. The highest BCUT2D eigenvalue weighted by Crippen LogP contribution is 2.39. The van der Waals surface area contributed by atoms with E-state index >= 15 is 0 Å². The van der Waals surface area contributed by atoms with Crippen LogP contribution in [-0.2, 0) is 42.8 Å². The smallest absolute Gasteiger partial charge is 0.364 e. The van der Waals surface area contributed by atoms with Crippen molar-refractivity contribution in [2.75, 3.05) is 26.4 Å². The van der Waals surface area contributed by atoms with Crippen molar-refractivity contribution in [3.63, 3.8) is 0 Å². The molecule has 0 aliphatic carbocycles. The molecule has 18 unspecified atom stereocenters. The Hall–Kier alpha value is -2.79. The van der Waals surface area contributed by atoms with Crippen molar-refractivity contribution in [3.05, 3.63) is 24.3 Å². The van der Waals surface area contributed by atoms with E-state index in [1.807, 2.05) is 6.08 Å². The van der Waals surface area contributed by atoms with Crippen LogP contribution in [0, 0.1) is 0 Å². The van der Waals surface area contributed by atoms with Crippen LogP contribution in [0.4, 0.5) is 0 Å². The van der Waals surface area contributed by atoms with E-state index in [9.17, 15) is 75.7 Å². The summed E-state index contributed by atoms with van der Waals surface area (Å²) in [6.45, 7) is 2.20. The van der Waals surface area contributed by atoms with Gasteiger partial charge in [0.05, 0.1) is 50.7 Å². The second-order valence-electron chi connectivity index (χ2n) is 32.1. The van der Waals surface area contributed by atoms with Crippen molar-refractivity contribution in [1.82, 2.24) is 10.6 Å². The highest BCUT2D eigenvalue weighted by atomic mass is 16.8. The van der Waals surface area contributed by atoms with Crippen LogP contribution in [0.5, 0.6) is 0 Å². The number of allylic oxidation sites excluding steroid dienone is 3. The first kappa shape index (κ1) is 100. The molecule has 0 spiro atoms. The molecule has 0 aromatic carbocycles. The Kier molecular flexibility index (Phi) is 59.3. The summed E-state index contributed by atoms with van der Waals surface area (Å²) >= 11 is 0. The molecule has 18 atom stereocenters. The standard InChI is InChI=1S/C86H160N2O21/c1-4-6-8-10-12-14-16-18-20-22-24-26-27-28-29-30-31-32-33-34-35-36-37-38-39-40-42-44-46-48-50-52-54-56-58-60-73(96)88-67(68(93)59-57-55-53-51-49-47-45-43-41-25-23-21-19-17-15-13-11-9-7-5-2)65-104-83-78(100)77(99)80(72(64-91)106-83)107-84-79(101)82(76(98)71(63-90)105-84)109-86(85(102)103)61-69(94)74(87-66(3)92)81(108-86)75(97)70(95)62-89/h30-31,57,59,67-72,74-84,89-91,93-95,97-101H,4-29,32-56,58,60-65H2,1-3H3,(H,87,92)(H,88,96)(H,102,103)/b31-30-,59-57+. The monoisotopic (exact) mass is 1560 g/mol. The van der Waals surface area contributed by atoms with Crippen LogP contribution in [0.1, 0.15) is 367 Å². The van der Waals surface area contributed by atoms with E-state index in [-0.39, 0.29) is 12.3 Å². The fourth-order valence-electron chi connectivity index (χ4n) is 15.4. The SMILES string of the molecule is CCCCCCCCCCCCCCCC/C=C\CCCCCCCCCCCCCCCCCCCC(=O)NC(COC1OC(CO)C(OC2OC(CO)C(O)C(OC3(C(=O)O)CC(O)C(NC(C)=O)C(C(O)C(O)CO)O3)C2O)C(O)C1O)C(O)/C=C/CCCCCCCCCCCCCCCCCCCC. The van der Waals surface area contributed by atoms with Gasteiger partial charge in [0.15, 0.2) is 12.6 Å². The summed E-state index contributed by atoms with van der Waals surface area (Å²) in [5, 5.41) is 137. The number of rotatable bonds is 71. The van der Waals surface area contributed by atoms with E-state index in [1.54, 1.807) is 6.08 Å². The summed E-state index contributed by atoms with van der Waals surface area (Å²) in [5.41, 5.74) is 0. The highest BCUT2D eigenvalue weighted by molar-refractivity contribution is 5.77. The third-order valence-corrected chi connectivity index (χ3v) is 22.4. The number of carboxylic acids is 1. The Morgan fingerprint density at radius 3 is 1.25 bits per heavy atom. The Morgan fingerprint density at radius 1 is 0.477 bits per heavy atom. The molecule has 0 aromatic rings. The van der Waals surface area contributed by atoms with Gasteiger partial charge in [-0.15, -0.1) is 0 Å². The van der Waals surface area contributed by atoms with Gasteiger partial charge in [0.1, 0.15) is 67.1 Å². The molecule has 0 aromatic heterocycles. The molecule has 640 valence electrons. The molecule has 14 N–H and O–H groups in total. The number of carbonyl (C=O) groups excluding carboxylic acids is 2. The van der Waals surface area contributed by atoms with Gasteiger partial charge in [0.25, 0.3) is 5.79 Å². The molecule has 3 fully saturated rings. The summed E-state index contributed by atoms with van der Waals surface area (Å²) in [5.74, 6) is -6.13. The van der Waals surface area contributed by atoms with Gasteiger partial charge in [-0.3, -0.25) is 9.59 Å². The lowest BCUT2D eigenvalue weighted by molar-refractivity contribution is -0.386. The van der Waals surface area contributed by atoms with Crippen molar-refractivity contribution < 1.29 is 104 Å². The maximum Gasteiger partial charge on any atom is 0.364 e. The number of ether oxygens (including phenoxy) is 6. The second kappa shape index (κ2) is 64.4. The van der Waals surface area contributed by atoms with Crippen molar-refractivity contribution in [3.8, 4) is 0 Å². The fourth-order valence-corrected chi connectivity index (χ4v) is 15.4. The van der Waals surface area contributed by atoms with Crippen LogP contribution in [-0.4, -0.2) is 215 Å². The summed E-state index contributed by atoms with van der Waals surface area (Å²) in [4.78, 5) is 38.8. The molecule has 23 nitrogen and oxygen atoms in total. The topological polar surface area (TPSA) is 373 Å². The van der Waals surface area contributed by atoms with Crippen LogP contribution >= 0.6 is 0 Å². The third kappa shape index (κ3) is 43.7. The Morgan fingerprint density at radius 2 is 0.862 bits per heavy atom. The summed E-state index contributed by atoms with van der Waals surface area (Å²) in [6, 6.07) is -2.62. The molecule has 0 radical (unpaired) electrons. The molecule has 3 saturated heterocycles. The lowest BCUT2D eigenvalue weighted by Gasteiger charge is -2.50. The van der Waals surface area contributed by atoms with Crippen molar-refractivity contribution in [1.29, 1.82) is 0 Å². The van der Waals surface area contributed by atoms with Crippen LogP contribution in [0.15, 0.2) is 24.3 Å². The lowest BCUT2D eigenvalue weighted by Crippen LogP contribution is -2.70.